The summed E-state index contributed by atoms with van der Waals surface area (Å²) in [5.41, 5.74) is 22.8. The van der Waals surface area contributed by atoms with Crippen molar-refractivity contribution < 1.29 is 34.2 Å². The van der Waals surface area contributed by atoms with Crippen molar-refractivity contribution in [1.29, 1.82) is 0 Å². The number of carbonyl (C=O) groups is 5. The number of amides is 4. The largest absolute Gasteiger partial charge is 0.508 e. The van der Waals surface area contributed by atoms with Crippen LogP contribution in [-0.2, 0) is 36.8 Å². The van der Waals surface area contributed by atoms with E-state index in [1.165, 1.54) is 36.8 Å². The SMILES string of the molecule is NC(=O)C[C@H](NC(=O)[C@H](Cc1ccc(O)cc1)NC(=O)[C@@H](N)CCCN=C(N)N)C(=O)N[C@@H](Cc1cnc[nH]1)C(=O)O. The summed E-state index contributed by atoms with van der Waals surface area (Å²) in [6, 6.07) is 0.523. The second kappa shape index (κ2) is 16.2. The standard InChI is InChI=1S/C25H36N10O7/c26-16(2-1-7-31-25(28)29)21(38)33-17(8-13-3-5-15(36)6-4-13)22(39)34-18(10-20(27)37)23(40)35-19(24(41)42)9-14-11-30-12-32-14/h3-6,11-12,16-19,36H,1-2,7-10,26H2,(H2,27,37)(H,30,32)(H,33,38)(H,34,39)(H,35,40)(H,41,42)(H4,28,29,31)/t16-,17-,18-,19-/m0/s1. The van der Waals surface area contributed by atoms with Crippen molar-refractivity contribution in [3.05, 3.63) is 48.0 Å². The van der Waals surface area contributed by atoms with Gasteiger partial charge in [0.25, 0.3) is 0 Å². The number of H-pyrrole nitrogens is 1. The highest BCUT2D eigenvalue weighted by Gasteiger charge is 2.31. The summed E-state index contributed by atoms with van der Waals surface area (Å²) >= 11 is 0. The van der Waals surface area contributed by atoms with E-state index in [0.717, 1.165) is 0 Å². The normalized spacial score (nSPS) is 13.5. The van der Waals surface area contributed by atoms with Crippen LogP contribution in [0.3, 0.4) is 0 Å². The number of aliphatic imine (C=N–C) groups is 1. The fourth-order valence-corrected chi connectivity index (χ4v) is 3.78. The van der Waals surface area contributed by atoms with Gasteiger partial charge in [0.05, 0.1) is 18.8 Å². The Hall–Kier alpha value is -5.19. The zero-order valence-electron chi connectivity index (χ0n) is 22.7. The topological polar surface area (TPSA) is 307 Å². The number of aliphatic carboxylic acids is 1. The highest BCUT2D eigenvalue weighted by Crippen LogP contribution is 2.12. The van der Waals surface area contributed by atoms with Crippen molar-refractivity contribution in [2.24, 2.45) is 27.9 Å². The lowest BCUT2D eigenvalue weighted by atomic mass is 10.0. The number of rotatable bonds is 17. The lowest BCUT2D eigenvalue weighted by Crippen LogP contribution is -2.58. The van der Waals surface area contributed by atoms with E-state index < -0.39 is 60.2 Å². The first-order valence-corrected chi connectivity index (χ1v) is 12.8. The molecule has 0 bridgehead atoms. The number of carbonyl (C=O) groups excluding carboxylic acids is 4. The number of phenols is 1. The third-order valence-corrected chi connectivity index (χ3v) is 5.95. The maximum atomic E-state index is 13.4. The fourth-order valence-electron chi connectivity index (χ4n) is 3.78. The van der Waals surface area contributed by atoms with Crippen molar-refractivity contribution >= 4 is 35.6 Å². The summed E-state index contributed by atoms with van der Waals surface area (Å²) in [7, 11) is 0. The number of benzene rings is 1. The molecular weight excluding hydrogens is 552 g/mol. The van der Waals surface area contributed by atoms with Crippen LogP contribution in [-0.4, -0.2) is 86.5 Å². The lowest BCUT2D eigenvalue weighted by Gasteiger charge is -2.25. The number of imidazole rings is 1. The summed E-state index contributed by atoms with van der Waals surface area (Å²) in [4.78, 5) is 73.0. The van der Waals surface area contributed by atoms with E-state index in [-0.39, 0.29) is 37.5 Å². The lowest BCUT2D eigenvalue weighted by molar-refractivity contribution is -0.142. The average Bonchev–Trinajstić information content (AvgIpc) is 3.43. The molecule has 42 heavy (non-hydrogen) atoms. The minimum Gasteiger partial charge on any atom is -0.508 e. The van der Waals surface area contributed by atoms with Crippen LogP contribution in [0, 0.1) is 0 Å². The van der Waals surface area contributed by atoms with E-state index in [9.17, 15) is 34.2 Å². The number of hydrogen-bond donors (Lipinski definition) is 10. The summed E-state index contributed by atoms with van der Waals surface area (Å²) in [6.45, 7) is 0.238. The van der Waals surface area contributed by atoms with E-state index in [1.807, 2.05) is 0 Å². The number of aromatic hydroxyl groups is 1. The van der Waals surface area contributed by atoms with Crippen molar-refractivity contribution in [2.45, 2.75) is 56.3 Å². The maximum Gasteiger partial charge on any atom is 0.326 e. The summed E-state index contributed by atoms with van der Waals surface area (Å²) in [6.07, 6.45) is 2.40. The van der Waals surface area contributed by atoms with Crippen LogP contribution >= 0.6 is 0 Å². The Kier molecular flexibility index (Phi) is 12.7. The van der Waals surface area contributed by atoms with Gasteiger partial charge in [-0.1, -0.05) is 12.1 Å². The second-order valence-corrected chi connectivity index (χ2v) is 9.40. The van der Waals surface area contributed by atoms with Gasteiger partial charge >= 0.3 is 5.97 Å². The first-order valence-electron chi connectivity index (χ1n) is 12.8. The van der Waals surface area contributed by atoms with Crippen LogP contribution in [0.25, 0.3) is 0 Å². The number of nitrogens with zero attached hydrogens (tertiary/aromatic N) is 2. The minimum atomic E-state index is -1.56. The molecule has 0 saturated carbocycles. The minimum absolute atomic E-state index is 0.0205. The van der Waals surface area contributed by atoms with Gasteiger partial charge in [-0.05, 0) is 30.5 Å². The van der Waals surface area contributed by atoms with E-state index in [4.69, 9.17) is 22.9 Å². The van der Waals surface area contributed by atoms with Gasteiger partial charge in [-0.2, -0.15) is 0 Å². The number of phenolic OH excluding ortho intramolecular Hbond substituents is 1. The summed E-state index contributed by atoms with van der Waals surface area (Å²) in [5, 5.41) is 26.4. The molecule has 2 rings (SSSR count). The third kappa shape index (κ3) is 11.5. The molecule has 1 heterocycles. The molecule has 17 nitrogen and oxygen atoms in total. The van der Waals surface area contributed by atoms with E-state index in [1.54, 1.807) is 0 Å². The fraction of sp³-hybridized carbons (Fsp3) is 0.400. The molecule has 2 aromatic rings. The third-order valence-electron chi connectivity index (χ3n) is 5.95. The Morgan fingerprint density at radius 2 is 1.52 bits per heavy atom. The Bertz CT molecular complexity index is 1250. The van der Waals surface area contributed by atoms with Crippen LogP contribution in [0.4, 0.5) is 0 Å². The Labute approximate surface area is 240 Å². The number of guanidine groups is 1. The molecule has 0 fully saturated rings. The predicted molar refractivity (Wildman–Crippen MR) is 149 cm³/mol. The van der Waals surface area contributed by atoms with Crippen LogP contribution in [0.5, 0.6) is 5.75 Å². The van der Waals surface area contributed by atoms with Gasteiger partial charge in [-0.25, -0.2) is 9.78 Å². The molecule has 0 aliphatic carbocycles. The van der Waals surface area contributed by atoms with Gasteiger partial charge in [-0.3, -0.25) is 24.2 Å². The first kappa shape index (κ1) is 33.0. The Morgan fingerprint density at radius 1 is 0.905 bits per heavy atom. The van der Waals surface area contributed by atoms with Gasteiger partial charge in [-0.15, -0.1) is 0 Å². The molecule has 14 N–H and O–H groups in total. The number of nitrogens with one attached hydrogen (secondary N) is 4. The molecule has 228 valence electrons. The summed E-state index contributed by atoms with van der Waals surface area (Å²) < 4.78 is 0. The van der Waals surface area contributed by atoms with E-state index in [2.05, 4.69) is 30.9 Å². The number of carboxylic acid groups (broad SMARTS) is 1. The zero-order chi connectivity index (χ0) is 31.2. The van der Waals surface area contributed by atoms with Crippen molar-refractivity contribution in [3.8, 4) is 5.75 Å². The molecule has 4 amide bonds. The van der Waals surface area contributed by atoms with Gasteiger partial charge in [0.2, 0.25) is 23.6 Å². The molecule has 0 aliphatic heterocycles. The number of nitrogens with two attached hydrogens (primary N) is 4. The smallest absolute Gasteiger partial charge is 0.326 e. The average molecular weight is 589 g/mol. The van der Waals surface area contributed by atoms with E-state index >= 15 is 0 Å². The molecule has 1 aromatic carbocycles. The number of primary amides is 1. The van der Waals surface area contributed by atoms with Crippen LogP contribution < -0.4 is 38.9 Å². The number of aromatic amines is 1. The highest BCUT2D eigenvalue weighted by atomic mass is 16.4. The molecule has 4 atom stereocenters. The summed E-state index contributed by atoms with van der Waals surface area (Å²) in [5.74, 6) is -4.98. The van der Waals surface area contributed by atoms with Crippen molar-refractivity contribution in [2.75, 3.05) is 6.54 Å². The molecule has 0 aliphatic rings. The maximum absolute atomic E-state index is 13.4. The molecule has 0 unspecified atom stereocenters. The molecular formula is C25H36N10O7. The number of hydrogen-bond acceptors (Lipinski definition) is 9. The Morgan fingerprint density at radius 3 is 2.10 bits per heavy atom. The second-order valence-electron chi connectivity index (χ2n) is 9.40. The predicted octanol–water partition coefficient (Wildman–Crippen LogP) is -3.30. The van der Waals surface area contributed by atoms with Crippen molar-refractivity contribution in [3.63, 3.8) is 0 Å². The van der Waals surface area contributed by atoms with Gasteiger partial charge < -0.3 is 54.1 Å². The van der Waals surface area contributed by atoms with Crippen LogP contribution in [0.2, 0.25) is 0 Å². The van der Waals surface area contributed by atoms with Gasteiger partial charge in [0.15, 0.2) is 5.96 Å². The molecule has 0 radical (unpaired) electrons. The van der Waals surface area contributed by atoms with Gasteiger partial charge in [0.1, 0.15) is 23.9 Å². The Balaban J connectivity index is 2.19. The van der Waals surface area contributed by atoms with Crippen LogP contribution in [0.15, 0.2) is 41.8 Å². The highest BCUT2D eigenvalue weighted by molar-refractivity contribution is 5.96. The quantitative estimate of drug-likeness (QED) is 0.0495. The number of carboxylic acids is 1. The zero-order valence-corrected chi connectivity index (χ0v) is 22.7. The molecule has 0 saturated heterocycles. The van der Waals surface area contributed by atoms with Crippen LogP contribution in [0.1, 0.15) is 30.5 Å². The molecule has 0 spiro atoms. The molecule has 17 heteroatoms. The van der Waals surface area contributed by atoms with Crippen molar-refractivity contribution in [1.82, 2.24) is 25.9 Å². The van der Waals surface area contributed by atoms with Gasteiger partial charge in [0, 0.05) is 31.3 Å². The first-order chi connectivity index (χ1) is 19.8. The van der Waals surface area contributed by atoms with E-state index in [0.29, 0.717) is 17.7 Å². The molecule has 1 aromatic heterocycles. The number of aromatic nitrogens is 2. The monoisotopic (exact) mass is 588 g/mol.